The van der Waals surface area contributed by atoms with E-state index in [0.29, 0.717) is 10.0 Å². The number of aromatic nitrogens is 1. The Morgan fingerprint density at radius 1 is 1.40 bits per heavy atom. The first-order valence-corrected chi connectivity index (χ1v) is 8.53. The van der Waals surface area contributed by atoms with Gasteiger partial charge in [0.15, 0.2) is 5.69 Å². The van der Waals surface area contributed by atoms with Crippen molar-refractivity contribution in [1.29, 1.82) is 5.26 Å². The number of pyridine rings is 1. The van der Waals surface area contributed by atoms with Gasteiger partial charge in [-0.15, -0.1) is 0 Å². The second kappa shape index (κ2) is 7.75. The van der Waals surface area contributed by atoms with Crippen LogP contribution in [0.2, 0.25) is 0 Å². The fraction of sp³-hybridized carbons (Fsp3) is 0.500. The molecule has 20 heavy (non-hydrogen) atoms. The Balaban J connectivity index is 3.16. The molecule has 1 aromatic rings. The maximum atomic E-state index is 12.5. The number of ether oxygens (including phenoxy) is 1. The van der Waals surface area contributed by atoms with Crippen molar-refractivity contribution in [3.05, 3.63) is 21.8 Å². The van der Waals surface area contributed by atoms with E-state index in [-0.39, 0.29) is 30.9 Å². The number of nitrogens with zero attached hydrogens (tertiary/aromatic N) is 2. The van der Waals surface area contributed by atoms with Gasteiger partial charge in [-0.3, -0.25) is 4.57 Å². The fourth-order valence-electron chi connectivity index (χ4n) is 1.61. The first-order chi connectivity index (χ1) is 9.49. The molecule has 0 aliphatic heterocycles. The summed E-state index contributed by atoms with van der Waals surface area (Å²) in [6.45, 7) is 4.06. The summed E-state index contributed by atoms with van der Waals surface area (Å²) in [5.74, 6) is 0.240. The van der Waals surface area contributed by atoms with Crippen LogP contribution in [0.1, 0.15) is 25.1 Å². The van der Waals surface area contributed by atoms with Gasteiger partial charge in [-0.25, -0.2) is 4.98 Å². The molecule has 0 N–H and O–H groups in total. The van der Waals surface area contributed by atoms with E-state index in [0.717, 1.165) is 0 Å². The average molecular weight is 363 g/mol. The van der Waals surface area contributed by atoms with Gasteiger partial charge in [-0.1, -0.05) is 0 Å². The van der Waals surface area contributed by atoms with Crippen LogP contribution in [0.25, 0.3) is 0 Å². The second-order valence-corrected chi connectivity index (χ2v) is 6.61. The standard InChI is InChI=1S/C12H16BrN2O4P/c1-4-18-20(16,19-5-2)8-9-6-10(13)11(7-14)15-12(9)17-3/h6H,4-5,8H2,1-3H3. The molecule has 0 bridgehead atoms. The van der Waals surface area contributed by atoms with E-state index in [1.807, 2.05) is 6.07 Å². The molecule has 0 atom stereocenters. The molecule has 0 saturated heterocycles. The van der Waals surface area contributed by atoms with Crippen molar-refractivity contribution in [2.24, 2.45) is 0 Å². The van der Waals surface area contributed by atoms with Crippen LogP contribution in [-0.2, 0) is 19.8 Å². The third kappa shape index (κ3) is 4.29. The van der Waals surface area contributed by atoms with Gasteiger partial charge in [-0.2, -0.15) is 5.26 Å². The van der Waals surface area contributed by atoms with E-state index in [2.05, 4.69) is 20.9 Å². The Hall–Kier alpha value is -0.930. The van der Waals surface area contributed by atoms with Gasteiger partial charge >= 0.3 is 7.60 Å². The first-order valence-electron chi connectivity index (χ1n) is 6.01. The topological polar surface area (TPSA) is 81.4 Å². The SMILES string of the molecule is CCOP(=O)(Cc1cc(Br)c(C#N)nc1OC)OCC. The van der Waals surface area contributed by atoms with E-state index in [1.54, 1.807) is 19.9 Å². The third-order valence-electron chi connectivity index (χ3n) is 2.33. The zero-order chi connectivity index (χ0) is 15.2. The van der Waals surface area contributed by atoms with Gasteiger partial charge in [0.1, 0.15) is 6.07 Å². The highest BCUT2D eigenvalue weighted by Crippen LogP contribution is 2.52. The van der Waals surface area contributed by atoms with E-state index in [1.165, 1.54) is 7.11 Å². The van der Waals surface area contributed by atoms with Crippen LogP contribution < -0.4 is 4.74 Å². The molecular formula is C12H16BrN2O4P. The average Bonchev–Trinajstić information content (AvgIpc) is 2.39. The number of nitriles is 1. The van der Waals surface area contributed by atoms with Crippen LogP contribution >= 0.6 is 23.5 Å². The Labute approximate surface area is 126 Å². The number of hydrogen-bond donors (Lipinski definition) is 0. The Kier molecular flexibility index (Phi) is 6.63. The molecule has 0 fully saturated rings. The summed E-state index contributed by atoms with van der Waals surface area (Å²) < 4.78 is 28.6. The van der Waals surface area contributed by atoms with Gasteiger partial charge in [-0.05, 0) is 35.8 Å². The van der Waals surface area contributed by atoms with Gasteiger partial charge in [0, 0.05) is 5.56 Å². The summed E-state index contributed by atoms with van der Waals surface area (Å²) in [5.41, 5.74) is 0.761. The lowest BCUT2D eigenvalue weighted by Gasteiger charge is -2.18. The van der Waals surface area contributed by atoms with Crippen molar-refractivity contribution < 1.29 is 18.3 Å². The lowest BCUT2D eigenvalue weighted by molar-refractivity contribution is 0.218. The largest absolute Gasteiger partial charge is 0.481 e. The van der Waals surface area contributed by atoms with E-state index in [9.17, 15) is 4.57 Å². The predicted molar refractivity (Wildman–Crippen MR) is 77.8 cm³/mol. The molecule has 1 heterocycles. The van der Waals surface area contributed by atoms with Gasteiger partial charge in [0.05, 0.1) is 31.0 Å². The van der Waals surface area contributed by atoms with Crippen molar-refractivity contribution in [2.45, 2.75) is 20.0 Å². The van der Waals surface area contributed by atoms with Crippen molar-refractivity contribution in [1.82, 2.24) is 4.98 Å². The fourth-order valence-corrected chi connectivity index (χ4v) is 3.75. The second-order valence-electron chi connectivity index (χ2n) is 3.70. The maximum absolute atomic E-state index is 12.5. The van der Waals surface area contributed by atoms with Gasteiger partial charge in [0.25, 0.3) is 0 Å². The maximum Gasteiger partial charge on any atom is 0.335 e. The summed E-state index contributed by atoms with van der Waals surface area (Å²) in [7, 11) is -1.81. The lowest BCUT2D eigenvalue weighted by Crippen LogP contribution is -2.03. The molecule has 1 aromatic heterocycles. The summed E-state index contributed by atoms with van der Waals surface area (Å²) in [5, 5.41) is 8.93. The first kappa shape index (κ1) is 17.1. The summed E-state index contributed by atoms with van der Waals surface area (Å²) >= 11 is 3.24. The van der Waals surface area contributed by atoms with Crippen LogP contribution in [0, 0.1) is 11.3 Å². The van der Waals surface area contributed by atoms with Crippen LogP contribution in [-0.4, -0.2) is 25.3 Å². The molecular weight excluding hydrogens is 347 g/mol. The van der Waals surface area contributed by atoms with E-state index >= 15 is 0 Å². The molecule has 6 nitrogen and oxygen atoms in total. The van der Waals surface area contributed by atoms with Crippen LogP contribution in [0.15, 0.2) is 10.5 Å². The minimum Gasteiger partial charge on any atom is -0.481 e. The molecule has 8 heteroatoms. The van der Waals surface area contributed by atoms with Crippen molar-refractivity contribution in [3.63, 3.8) is 0 Å². The number of methoxy groups -OCH3 is 1. The quantitative estimate of drug-likeness (QED) is 0.690. The zero-order valence-electron chi connectivity index (χ0n) is 11.6. The van der Waals surface area contributed by atoms with Crippen LogP contribution in [0.5, 0.6) is 5.88 Å². The van der Waals surface area contributed by atoms with Crippen LogP contribution in [0.4, 0.5) is 0 Å². The molecule has 0 aliphatic rings. The summed E-state index contributed by atoms with van der Waals surface area (Å²) in [6.07, 6.45) is 0.0369. The minimum absolute atomic E-state index is 0.0369. The van der Waals surface area contributed by atoms with E-state index < -0.39 is 7.60 Å². The molecule has 0 unspecified atom stereocenters. The lowest BCUT2D eigenvalue weighted by atomic mass is 10.2. The molecule has 0 aromatic carbocycles. The van der Waals surface area contributed by atoms with Crippen molar-refractivity contribution >= 4 is 23.5 Å². The summed E-state index contributed by atoms with van der Waals surface area (Å²) in [6, 6.07) is 3.59. The van der Waals surface area contributed by atoms with Crippen molar-refractivity contribution in [3.8, 4) is 11.9 Å². The minimum atomic E-state index is -3.25. The Bertz CT molecular complexity index is 549. The Morgan fingerprint density at radius 2 is 2.00 bits per heavy atom. The molecule has 0 radical (unpaired) electrons. The monoisotopic (exact) mass is 362 g/mol. The summed E-state index contributed by atoms with van der Waals surface area (Å²) in [4.78, 5) is 4.05. The van der Waals surface area contributed by atoms with Crippen molar-refractivity contribution in [2.75, 3.05) is 20.3 Å². The number of halogens is 1. The molecule has 0 aliphatic carbocycles. The molecule has 1 rings (SSSR count). The highest BCUT2D eigenvalue weighted by atomic mass is 79.9. The number of rotatable bonds is 7. The highest BCUT2D eigenvalue weighted by molar-refractivity contribution is 9.10. The molecule has 0 amide bonds. The molecule has 0 saturated carbocycles. The third-order valence-corrected chi connectivity index (χ3v) is 4.97. The molecule has 110 valence electrons. The van der Waals surface area contributed by atoms with E-state index in [4.69, 9.17) is 19.0 Å². The smallest absolute Gasteiger partial charge is 0.335 e. The normalized spacial score (nSPS) is 11.2. The molecule has 0 spiro atoms. The zero-order valence-corrected chi connectivity index (χ0v) is 14.0. The van der Waals surface area contributed by atoms with Gasteiger partial charge < -0.3 is 13.8 Å². The van der Waals surface area contributed by atoms with Crippen LogP contribution in [0.3, 0.4) is 0 Å². The highest BCUT2D eigenvalue weighted by Gasteiger charge is 2.27. The van der Waals surface area contributed by atoms with Gasteiger partial charge in [0.2, 0.25) is 5.88 Å². The Morgan fingerprint density at radius 3 is 2.45 bits per heavy atom. The predicted octanol–water partition coefficient (Wildman–Crippen LogP) is 3.49. The number of hydrogen-bond acceptors (Lipinski definition) is 6.